The Morgan fingerprint density at radius 1 is 1.50 bits per heavy atom. The molecule has 0 amide bonds. The average molecular weight is 206 g/mol. The summed E-state index contributed by atoms with van der Waals surface area (Å²) in [6.07, 6.45) is 1.94. The third kappa shape index (κ3) is 1.80. The Hall–Kier alpha value is -1.29. The Morgan fingerprint density at radius 2 is 2.29 bits per heavy atom. The van der Waals surface area contributed by atoms with E-state index in [0.29, 0.717) is 0 Å². The van der Waals surface area contributed by atoms with Crippen LogP contribution in [0.2, 0.25) is 0 Å². The normalized spacial score (nSPS) is 10.7. The van der Waals surface area contributed by atoms with Crippen LogP contribution in [-0.4, -0.2) is 14.9 Å². The number of thioether (sulfide) groups is 1. The van der Waals surface area contributed by atoms with E-state index >= 15 is 0 Å². The third-order valence-corrected chi connectivity index (χ3v) is 2.63. The van der Waals surface area contributed by atoms with Gasteiger partial charge in [-0.1, -0.05) is 11.8 Å². The van der Waals surface area contributed by atoms with E-state index in [4.69, 9.17) is 0 Å². The van der Waals surface area contributed by atoms with E-state index in [2.05, 4.69) is 5.10 Å². The molecule has 14 heavy (non-hydrogen) atoms. The lowest BCUT2D eigenvalue weighted by atomic mass is 10.3. The molecule has 0 fully saturated rings. The Kier molecular flexibility index (Phi) is 2.29. The SMILES string of the molecule is CC(=O)Sc1ccc2nn(C)cc2c1. The molecule has 0 saturated carbocycles. The van der Waals surface area contributed by atoms with E-state index in [1.165, 1.54) is 11.8 Å². The van der Waals surface area contributed by atoms with Gasteiger partial charge in [0.25, 0.3) is 0 Å². The number of hydrogen-bond acceptors (Lipinski definition) is 3. The molecule has 1 aromatic carbocycles. The number of benzene rings is 1. The minimum absolute atomic E-state index is 0.105. The minimum atomic E-state index is 0.105. The third-order valence-electron chi connectivity index (χ3n) is 1.85. The summed E-state index contributed by atoms with van der Waals surface area (Å²) >= 11 is 1.25. The molecule has 0 aliphatic heterocycles. The monoisotopic (exact) mass is 206 g/mol. The molecule has 3 nitrogen and oxygen atoms in total. The number of hydrogen-bond donors (Lipinski definition) is 0. The van der Waals surface area contributed by atoms with Gasteiger partial charge in [-0.15, -0.1) is 0 Å². The van der Waals surface area contributed by atoms with Crippen molar-refractivity contribution < 1.29 is 4.79 Å². The van der Waals surface area contributed by atoms with E-state index in [0.717, 1.165) is 15.8 Å². The van der Waals surface area contributed by atoms with Crippen molar-refractivity contribution in [1.82, 2.24) is 9.78 Å². The van der Waals surface area contributed by atoms with Gasteiger partial charge in [-0.3, -0.25) is 9.48 Å². The summed E-state index contributed by atoms with van der Waals surface area (Å²) < 4.78 is 1.77. The van der Waals surface area contributed by atoms with Crippen molar-refractivity contribution in [3.63, 3.8) is 0 Å². The fourth-order valence-corrected chi connectivity index (χ4v) is 2.01. The molecular formula is C10H10N2OS. The maximum Gasteiger partial charge on any atom is 0.190 e. The van der Waals surface area contributed by atoms with Gasteiger partial charge in [0.1, 0.15) is 0 Å². The molecule has 2 rings (SSSR count). The molecule has 4 heteroatoms. The highest BCUT2D eigenvalue weighted by Crippen LogP contribution is 2.23. The largest absolute Gasteiger partial charge is 0.287 e. The number of carbonyl (C=O) groups is 1. The zero-order valence-electron chi connectivity index (χ0n) is 8.02. The van der Waals surface area contributed by atoms with Crippen LogP contribution < -0.4 is 0 Å². The van der Waals surface area contributed by atoms with Crippen molar-refractivity contribution in [3.05, 3.63) is 24.4 Å². The van der Waals surface area contributed by atoms with E-state index in [1.54, 1.807) is 11.6 Å². The van der Waals surface area contributed by atoms with Crippen LogP contribution in [0, 0.1) is 0 Å². The molecule has 2 aromatic rings. The van der Waals surface area contributed by atoms with Gasteiger partial charge in [0.05, 0.1) is 5.52 Å². The lowest BCUT2D eigenvalue weighted by molar-refractivity contribution is -0.109. The van der Waals surface area contributed by atoms with Crippen molar-refractivity contribution in [2.75, 3.05) is 0 Å². The molecule has 0 radical (unpaired) electrons. The predicted molar refractivity (Wildman–Crippen MR) is 57.3 cm³/mol. The van der Waals surface area contributed by atoms with Crippen LogP contribution in [-0.2, 0) is 11.8 Å². The first-order valence-electron chi connectivity index (χ1n) is 4.27. The first-order valence-corrected chi connectivity index (χ1v) is 5.08. The first-order chi connectivity index (χ1) is 6.65. The molecule has 0 saturated heterocycles. The molecule has 0 aliphatic rings. The smallest absolute Gasteiger partial charge is 0.190 e. The van der Waals surface area contributed by atoms with Crippen molar-refractivity contribution >= 4 is 27.8 Å². The average Bonchev–Trinajstić information content (AvgIpc) is 2.42. The summed E-state index contributed by atoms with van der Waals surface area (Å²) in [5, 5.41) is 5.43. The number of rotatable bonds is 1. The van der Waals surface area contributed by atoms with Gasteiger partial charge >= 0.3 is 0 Å². The highest BCUT2D eigenvalue weighted by atomic mass is 32.2. The summed E-state index contributed by atoms with van der Waals surface area (Å²) in [6.45, 7) is 1.57. The highest BCUT2D eigenvalue weighted by molar-refractivity contribution is 8.13. The Morgan fingerprint density at radius 3 is 3.00 bits per heavy atom. The lowest BCUT2D eigenvalue weighted by Gasteiger charge is -1.95. The Labute approximate surface area is 86.1 Å². The second-order valence-corrected chi connectivity index (χ2v) is 4.37. The summed E-state index contributed by atoms with van der Waals surface area (Å²) in [6, 6.07) is 5.83. The standard InChI is InChI=1S/C10H10N2OS/c1-7(13)14-9-3-4-10-8(5-9)6-12(2)11-10/h3-6H,1-2H3. The van der Waals surface area contributed by atoms with Crippen LogP contribution >= 0.6 is 11.8 Å². The molecule has 0 aliphatic carbocycles. The fraction of sp³-hybridized carbons (Fsp3) is 0.200. The molecule has 0 spiro atoms. The molecule has 1 aromatic heterocycles. The maximum absolute atomic E-state index is 10.9. The maximum atomic E-state index is 10.9. The van der Waals surface area contributed by atoms with Crippen LogP contribution in [0.4, 0.5) is 0 Å². The topological polar surface area (TPSA) is 34.9 Å². The summed E-state index contributed by atoms with van der Waals surface area (Å²) in [5.74, 6) is 0. The Balaban J connectivity index is 2.45. The van der Waals surface area contributed by atoms with Crippen LogP contribution in [0.3, 0.4) is 0 Å². The Bertz CT molecular complexity index is 490. The summed E-state index contributed by atoms with van der Waals surface area (Å²) in [4.78, 5) is 11.9. The van der Waals surface area contributed by atoms with Crippen molar-refractivity contribution in [2.24, 2.45) is 7.05 Å². The zero-order chi connectivity index (χ0) is 10.1. The van der Waals surface area contributed by atoms with Gasteiger partial charge < -0.3 is 0 Å². The van der Waals surface area contributed by atoms with E-state index in [-0.39, 0.29) is 5.12 Å². The molecule has 0 unspecified atom stereocenters. The number of carbonyl (C=O) groups excluding carboxylic acids is 1. The number of aromatic nitrogens is 2. The van der Waals surface area contributed by atoms with Gasteiger partial charge in [0.15, 0.2) is 5.12 Å². The number of fused-ring (bicyclic) bond motifs is 1. The minimum Gasteiger partial charge on any atom is -0.287 e. The van der Waals surface area contributed by atoms with E-state index < -0.39 is 0 Å². The lowest BCUT2D eigenvalue weighted by Crippen LogP contribution is -1.84. The molecule has 1 heterocycles. The van der Waals surface area contributed by atoms with Crippen molar-refractivity contribution in [3.8, 4) is 0 Å². The molecule has 0 bridgehead atoms. The predicted octanol–water partition coefficient (Wildman–Crippen LogP) is 2.21. The van der Waals surface area contributed by atoms with Gasteiger partial charge in [-0.25, -0.2) is 0 Å². The van der Waals surface area contributed by atoms with E-state index in [1.807, 2.05) is 31.4 Å². The summed E-state index contributed by atoms with van der Waals surface area (Å²) in [7, 11) is 1.89. The molecule has 72 valence electrons. The zero-order valence-corrected chi connectivity index (χ0v) is 8.84. The quantitative estimate of drug-likeness (QED) is 0.671. The van der Waals surface area contributed by atoms with E-state index in [9.17, 15) is 4.79 Å². The van der Waals surface area contributed by atoms with Crippen LogP contribution in [0.5, 0.6) is 0 Å². The number of nitrogens with zero attached hydrogens (tertiary/aromatic N) is 2. The van der Waals surface area contributed by atoms with Crippen LogP contribution in [0.25, 0.3) is 10.9 Å². The van der Waals surface area contributed by atoms with Gasteiger partial charge in [0.2, 0.25) is 0 Å². The second-order valence-electron chi connectivity index (χ2n) is 3.12. The van der Waals surface area contributed by atoms with Crippen LogP contribution in [0.15, 0.2) is 29.3 Å². The molecular weight excluding hydrogens is 196 g/mol. The van der Waals surface area contributed by atoms with Crippen LogP contribution in [0.1, 0.15) is 6.92 Å². The highest BCUT2D eigenvalue weighted by Gasteiger charge is 2.02. The first kappa shape index (κ1) is 9.27. The van der Waals surface area contributed by atoms with Gasteiger partial charge in [-0.2, -0.15) is 5.10 Å². The summed E-state index contributed by atoms with van der Waals surface area (Å²) in [5.41, 5.74) is 0.959. The fourth-order valence-electron chi connectivity index (χ4n) is 1.36. The molecule has 0 atom stereocenters. The van der Waals surface area contributed by atoms with Gasteiger partial charge in [-0.05, 0) is 18.2 Å². The van der Waals surface area contributed by atoms with Crippen molar-refractivity contribution in [2.45, 2.75) is 11.8 Å². The molecule has 0 N–H and O–H groups in total. The number of aryl methyl sites for hydroxylation is 1. The van der Waals surface area contributed by atoms with Gasteiger partial charge in [0, 0.05) is 30.4 Å². The van der Waals surface area contributed by atoms with Crippen molar-refractivity contribution in [1.29, 1.82) is 0 Å². The second kappa shape index (κ2) is 3.46.